The minimum Gasteiger partial charge on any atom is -0.493 e. The first-order valence-corrected chi connectivity index (χ1v) is 12.2. The Hall–Kier alpha value is -3.12. The molecule has 0 radical (unpaired) electrons. The number of carbonyl (C=O) groups is 2. The van der Waals surface area contributed by atoms with Gasteiger partial charge in [0.05, 0.1) is 44.5 Å². The molecule has 204 valence electrons. The molecule has 1 aromatic rings. The first-order chi connectivity index (χ1) is 17.4. The number of nitro groups is 1. The normalized spacial score (nSPS) is 10.5. The van der Waals surface area contributed by atoms with E-state index in [0.29, 0.717) is 37.4 Å². The van der Waals surface area contributed by atoms with Gasteiger partial charge < -0.3 is 34.3 Å². The highest BCUT2D eigenvalue weighted by atomic mass is 16.6. The van der Waals surface area contributed by atoms with Gasteiger partial charge in [0.15, 0.2) is 11.5 Å². The van der Waals surface area contributed by atoms with Crippen LogP contribution in [0.1, 0.15) is 45.1 Å². The molecule has 2 N–H and O–H groups in total. The number of benzene rings is 1. The van der Waals surface area contributed by atoms with E-state index in [9.17, 15) is 19.7 Å². The monoisotopic (exact) mass is 513 g/mol. The number of amides is 2. The molecule has 0 aromatic heterocycles. The molecular formula is C24H39N3O9. The van der Waals surface area contributed by atoms with Crippen LogP contribution in [-0.2, 0) is 25.4 Å². The topological polar surface area (TPSA) is 147 Å². The molecule has 0 saturated heterocycles. The van der Waals surface area contributed by atoms with Crippen LogP contribution >= 0.6 is 0 Å². The first-order valence-electron chi connectivity index (χ1n) is 12.2. The molecule has 1 aromatic carbocycles. The summed E-state index contributed by atoms with van der Waals surface area (Å²) in [5.74, 6) is 0.459. The van der Waals surface area contributed by atoms with Crippen LogP contribution in [-0.4, -0.2) is 76.8 Å². The zero-order chi connectivity index (χ0) is 26.6. The van der Waals surface area contributed by atoms with E-state index in [0.717, 1.165) is 19.4 Å². The van der Waals surface area contributed by atoms with E-state index < -0.39 is 11.0 Å². The highest BCUT2D eigenvalue weighted by Crippen LogP contribution is 2.35. The van der Waals surface area contributed by atoms with Gasteiger partial charge in [0.2, 0.25) is 5.91 Å². The van der Waals surface area contributed by atoms with Crippen LogP contribution in [0.3, 0.4) is 0 Å². The number of unbranched alkanes of at least 4 members (excludes halogenated alkanes) is 1. The minimum atomic E-state index is -0.586. The van der Waals surface area contributed by atoms with E-state index in [2.05, 4.69) is 17.6 Å². The van der Waals surface area contributed by atoms with E-state index >= 15 is 0 Å². The van der Waals surface area contributed by atoms with Crippen molar-refractivity contribution in [3.8, 4) is 11.5 Å². The molecular weight excluding hydrogens is 474 g/mol. The van der Waals surface area contributed by atoms with Crippen LogP contribution in [0.25, 0.3) is 0 Å². The quantitative estimate of drug-likeness (QED) is 0.152. The number of nitro benzene ring substituents is 1. The number of hydrogen-bond donors (Lipinski definition) is 2. The summed E-state index contributed by atoms with van der Waals surface area (Å²) in [4.78, 5) is 34.4. The molecule has 12 nitrogen and oxygen atoms in total. The Labute approximate surface area is 212 Å². The van der Waals surface area contributed by atoms with Crippen molar-refractivity contribution >= 4 is 17.7 Å². The second-order valence-electron chi connectivity index (χ2n) is 7.69. The van der Waals surface area contributed by atoms with Crippen LogP contribution < -0.4 is 20.1 Å². The van der Waals surface area contributed by atoms with E-state index in [-0.39, 0.29) is 56.7 Å². The highest BCUT2D eigenvalue weighted by molar-refractivity contribution is 5.75. The van der Waals surface area contributed by atoms with Crippen molar-refractivity contribution in [3.63, 3.8) is 0 Å². The van der Waals surface area contributed by atoms with Gasteiger partial charge in [-0.1, -0.05) is 20.3 Å². The molecule has 36 heavy (non-hydrogen) atoms. The Bertz CT molecular complexity index is 805. The van der Waals surface area contributed by atoms with Crippen molar-refractivity contribution in [1.82, 2.24) is 10.6 Å². The molecule has 0 atom stereocenters. The van der Waals surface area contributed by atoms with Gasteiger partial charge in [-0.25, -0.2) is 4.79 Å². The summed E-state index contributed by atoms with van der Waals surface area (Å²) in [6, 6.07) is 2.94. The molecule has 1 rings (SSSR count). The molecule has 0 fully saturated rings. The minimum absolute atomic E-state index is 0.0306. The predicted molar refractivity (Wildman–Crippen MR) is 133 cm³/mol. The van der Waals surface area contributed by atoms with Gasteiger partial charge in [0, 0.05) is 31.7 Å². The average molecular weight is 514 g/mol. The Morgan fingerprint density at radius 2 is 1.61 bits per heavy atom. The molecule has 0 saturated carbocycles. The zero-order valence-electron chi connectivity index (χ0n) is 21.5. The second-order valence-corrected chi connectivity index (χ2v) is 7.69. The van der Waals surface area contributed by atoms with Gasteiger partial charge in [0.1, 0.15) is 6.61 Å². The Kier molecular flexibility index (Phi) is 16.4. The van der Waals surface area contributed by atoms with Crippen molar-refractivity contribution in [2.75, 3.05) is 59.8 Å². The number of aryl methyl sites for hydroxylation is 1. The molecule has 0 aliphatic carbocycles. The lowest BCUT2D eigenvalue weighted by Crippen LogP contribution is -2.35. The molecule has 0 spiro atoms. The van der Waals surface area contributed by atoms with E-state index in [1.807, 2.05) is 6.92 Å². The third-order valence-corrected chi connectivity index (χ3v) is 4.94. The number of nitrogens with one attached hydrogen (secondary N) is 2. The van der Waals surface area contributed by atoms with Crippen molar-refractivity contribution < 1.29 is 38.2 Å². The molecule has 12 heteroatoms. The van der Waals surface area contributed by atoms with E-state index in [1.54, 1.807) is 6.07 Å². The van der Waals surface area contributed by atoms with Crippen LogP contribution in [0, 0.1) is 10.1 Å². The smallest absolute Gasteiger partial charge is 0.407 e. The third kappa shape index (κ3) is 13.1. The summed E-state index contributed by atoms with van der Waals surface area (Å²) in [5, 5.41) is 16.5. The number of hydrogen-bond acceptors (Lipinski definition) is 9. The summed E-state index contributed by atoms with van der Waals surface area (Å²) >= 11 is 0. The summed E-state index contributed by atoms with van der Waals surface area (Å²) < 4.78 is 26.5. The Morgan fingerprint density at radius 1 is 0.917 bits per heavy atom. The van der Waals surface area contributed by atoms with Crippen molar-refractivity contribution in [1.29, 1.82) is 0 Å². The van der Waals surface area contributed by atoms with Gasteiger partial charge in [-0.2, -0.15) is 0 Å². The van der Waals surface area contributed by atoms with E-state index in [1.165, 1.54) is 13.2 Å². The fourth-order valence-corrected chi connectivity index (χ4v) is 3.00. The molecule has 0 unspecified atom stereocenters. The fourth-order valence-electron chi connectivity index (χ4n) is 3.00. The third-order valence-electron chi connectivity index (χ3n) is 4.94. The molecule has 0 aliphatic heterocycles. The number of nitrogens with zero attached hydrogens (tertiary/aromatic N) is 1. The number of alkyl carbamates (subject to hydrolysis) is 1. The lowest BCUT2D eigenvalue weighted by molar-refractivity contribution is -0.385. The van der Waals surface area contributed by atoms with Gasteiger partial charge >= 0.3 is 6.09 Å². The summed E-state index contributed by atoms with van der Waals surface area (Å²) in [6.07, 6.45) is 2.61. The van der Waals surface area contributed by atoms with Gasteiger partial charge in [-0.15, -0.1) is 0 Å². The average Bonchev–Trinajstić information content (AvgIpc) is 2.87. The summed E-state index contributed by atoms with van der Waals surface area (Å²) in [7, 11) is 1.46. The predicted octanol–water partition coefficient (Wildman–Crippen LogP) is 3.00. The maximum Gasteiger partial charge on any atom is 0.407 e. The maximum atomic E-state index is 12.0. The van der Waals surface area contributed by atoms with Gasteiger partial charge in [0.25, 0.3) is 5.69 Å². The number of rotatable bonds is 20. The lowest BCUT2D eigenvalue weighted by Gasteiger charge is -2.12. The van der Waals surface area contributed by atoms with Crippen LogP contribution in [0.15, 0.2) is 12.1 Å². The van der Waals surface area contributed by atoms with Crippen LogP contribution in [0.5, 0.6) is 11.5 Å². The highest BCUT2D eigenvalue weighted by Gasteiger charge is 2.18. The summed E-state index contributed by atoms with van der Waals surface area (Å²) in [6.45, 7) is 6.67. The SMILES string of the molecule is CCCCOCCOCCOC(=O)NCCNC(=O)CCCOc1cc([N+](=O)[O-])c(CC)cc1OC. The zero-order valence-corrected chi connectivity index (χ0v) is 21.5. The Balaban J connectivity index is 2.13. The summed E-state index contributed by atoms with van der Waals surface area (Å²) in [5.41, 5.74) is 0.523. The molecule has 0 bridgehead atoms. The first kappa shape index (κ1) is 30.9. The van der Waals surface area contributed by atoms with Gasteiger partial charge in [-0.3, -0.25) is 14.9 Å². The largest absolute Gasteiger partial charge is 0.493 e. The standard InChI is InChI=1S/C24H39N3O9/c1-4-6-11-33-13-14-34-15-16-36-24(29)26-10-9-25-23(28)8-7-12-35-22-18-20(27(30)31)19(5-2)17-21(22)32-3/h17-18H,4-16H2,1-3H3,(H,25,28)(H,26,29). The van der Waals surface area contributed by atoms with Crippen LogP contribution in [0.4, 0.5) is 10.5 Å². The fraction of sp³-hybridized carbons (Fsp3) is 0.667. The van der Waals surface area contributed by atoms with Gasteiger partial charge in [-0.05, 0) is 25.3 Å². The Morgan fingerprint density at radius 3 is 2.28 bits per heavy atom. The molecule has 0 heterocycles. The van der Waals surface area contributed by atoms with Crippen LogP contribution in [0.2, 0.25) is 0 Å². The lowest BCUT2D eigenvalue weighted by atomic mass is 10.1. The maximum absolute atomic E-state index is 12.0. The van der Waals surface area contributed by atoms with E-state index in [4.69, 9.17) is 23.7 Å². The van der Waals surface area contributed by atoms with Crippen molar-refractivity contribution in [3.05, 3.63) is 27.8 Å². The number of ether oxygens (including phenoxy) is 5. The van der Waals surface area contributed by atoms with Crippen molar-refractivity contribution in [2.24, 2.45) is 0 Å². The molecule has 2 amide bonds. The van der Waals surface area contributed by atoms with Crippen molar-refractivity contribution in [2.45, 2.75) is 46.0 Å². The molecule has 0 aliphatic rings. The number of methoxy groups -OCH3 is 1. The number of carbonyl (C=O) groups excluding carboxylic acids is 2. The second kappa shape index (κ2) is 19.1.